The van der Waals surface area contributed by atoms with Crippen LogP contribution in [0.3, 0.4) is 0 Å². The van der Waals surface area contributed by atoms with E-state index in [1.165, 1.54) is 23.3 Å². The number of hydrogen-bond donors (Lipinski definition) is 1. The van der Waals surface area contributed by atoms with Gasteiger partial charge in [0.25, 0.3) is 0 Å². The average molecular weight is 288 g/mol. The summed E-state index contributed by atoms with van der Waals surface area (Å²) >= 11 is 5.43. The Morgan fingerprint density at radius 2 is 2.20 bits per heavy atom. The molecule has 0 aromatic heterocycles. The third-order valence-corrected chi connectivity index (χ3v) is 3.71. The summed E-state index contributed by atoms with van der Waals surface area (Å²) in [6, 6.07) is 6.95. The first-order valence-electron chi connectivity index (χ1n) is 5.11. The first kappa shape index (κ1) is 13.1. The van der Waals surface area contributed by atoms with Crippen molar-refractivity contribution < 1.29 is 0 Å². The molecule has 0 spiro atoms. The molecule has 0 aliphatic heterocycles. The molecule has 1 aromatic rings. The van der Waals surface area contributed by atoms with Crippen LogP contribution >= 0.6 is 27.7 Å². The molecule has 0 bridgehead atoms. The van der Waals surface area contributed by atoms with Gasteiger partial charge >= 0.3 is 0 Å². The van der Waals surface area contributed by atoms with E-state index in [4.69, 9.17) is 0 Å². The van der Waals surface area contributed by atoms with Crippen molar-refractivity contribution in [3.63, 3.8) is 0 Å². The molecular formula is C12H18BrNS. The van der Waals surface area contributed by atoms with E-state index in [9.17, 15) is 0 Å². The zero-order valence-corrected chi connectivity index (χ0v) is 11.9. The largest absolute Gasteiger partial charge is 0.313 e. The van der Waals surface area contributed by atoms with Crippen molar-refractivity contribution in [3.05, 3.63) is 33.8 Å². The molecule has 1 atom stereocenters. The molecule has 84 valence electrons. The maximum Gasteiger partial charge on any atom is 0.0328 e. The van der Waals surface area contributed by atoms with Crippen molar-refractivity contribution in [2.24, 2.45) is 0 Å². The maximum absolute atomic E-state index is 3.53. The molecular weight excluding hydrogens is 270 g/mol. The number of hydrogen-bond acceptors (Lipinski definition) is 2. The molecule has 0 amide bonds. The number of thioether (sulfide) groups is 1. The lowest BCUT2D eigenvalue weighted by atomic mass is 10.00. The third kappa shape index (κ3) is 3.82. The summed E-state index contributed by atoms with van der Waals surface area (Å²) in [5, 5.41) is 3.39. The molecule has 3 heteroatoms. The van der Waals surface area contributed by atoms with E-state index >= 15 is 0 Å². The average Bonchev–Trinajstić information content (AvgIpc) is 2.24. The van der Waals surface area contributed by atoms with Crippen molar-refractivity contribution in [2.75, 3.05) is 19.1 Å². The summed E-state index contributed by atoms with van der Waals surface area (Å²) in [5.74, 6) is 1.19. The van der Waals surface area contributed by atoms with Crippen molar-refractivity contribution >= 4 is 27.7 Å². The molecule has 1 aromatic carbocycles. The fraction of sp³-hybridized carbons (Fsp3) is 0.500. The molecule has 0 saturated carbocycles. The highest BCUT2D eigenvalue weighted by atomic mass is 79.9. The minimum Gasteiger partial charge on any atom is -0.313 e. The summed E-state index contributed by atoms with van der Waals surface area (Å²) < 4.78 is 1.16. The second kappa shape index (κ2) is 6.56. The van der Waals surface area contributed by atoms with Crippen molar-refractivity contribution in [2.45, 2.75) is 19.4 Å². The summed E-state index contributed by atoms with van der Waals surface area (Å²) in [5.41, 5.74) is 2.76. The fourth-order valence-electron chi connectivity index (χ4n) is 1.68. The lowest BCUT2D eigenvalue weighted by molar-refractivity contribution is 0.578. The summed E-state index contributed by atoms with van der Waals surface area (Å²) in [6.07, 6.45) is 3.33. The Balaban J connectivity index is 2.85. The van der Waals surface area contributed by atoms with Gasteiger partial charge in [-0.15, -0.1) is 0 Å². The maximum atomic E-state index is 3.53. The summed E-state index contributed by atoms with van der Waals surface area (Å²) in [7, 11) is 2.03. The lowest BCUT2D eigenvalue weighted by Gasteiger charge is -2.18. The first-order valence-corrected chi connectivity index (χ1v) is 7.30. The van der Waals surface area contributed by atoms with E-state index in [-0.39, 0.29) is 0 Å². The molecule has 0 aliphatic rings. The molecule has 0 saturated heterocycles. The lowest BCUT2D eigenvalue weighted by Crippen LogP contribution is -2.18. The van der Waals surface area contributed by atoms with Crippen molar-refractivity contribution in [1.82, 2.24) is 5.32 Å². The molecule has 0 fully saturated rings. The van der Waals surface area contributed by atoms with Crippen LogP contribution in [0.25, 0.3) is 0 Å². The predicted octanol–water partition coefficient (Wildman–Crippen LogP) is 3.77. The van der Waals surface area contributed by atoms with Gasteiger partial charge in [-0.25, -0.2) is 0 Å². The van der Waals surface area contributed by atoms with Crippen molar-refractivity contribution in [1.29, 1.82) is 0 Å². The standard InChI is InChI=1S/C12H18BrNS/c1-9-4-5-10(13)8-11(9)12(14-2)6-7-15-3/h4-5,8,12,14H,6-7H2,1-3H3. The van der Waals surface area contributed by atoms with Gasteiger partial charge in [0.1, 0.15) is 0 Å². The van der Waals surface area contributed by atoms with E-state index in [1.54, 1.807) is 0 Å². The molecule has 0 aliphatic carbocycles. The molecule has 0 radical (unpaired) electrons. The molecule has 0 heterocycles. The molecule has 1 nitrogen and oxygen atoms in total. The van der Waals surface area contributed by atoms with Crippen LogP contribution in [0.4, 0.5) is 0 Å². The third-order valence-electron chi connectivity index (χ3n) is 2.58. The van der Waals surface area contributed by atoms with Gasteiger partial charge in [-0.2, -0.15) is 11.8 Å². The Morgan fingerprint density at radius 1 is 1.47 bits per heavy atom. The topological polar surface area (TPSA) is 12.0 Å². The summed E-state index contributed by atoms with van der Waals surface area (Å²) in [6.45, 7) is 2.17. The highest BCUT2D eigenvalue weighted by Crippen LogP contribution is 2.25. The van der Waals surface area contributed by atoms with Crippen LogP contribution in [-0.4, -0.2) is 19.1 Å². The SMILES string of the molecule is CNC(CCSC)c1cc(Br)ccc1C. The second-order valence-corrected chi connectivity index (χ2v) is 5.52. The molecule has 1 unspecified atom stereocenters. The smallest absolute Gasteiger partial charge is 0.0328 e. The molecule has 1 N–H and O–H groups in total. The summed E-state index contributed by atoms with van der Waals surface area (Å²) in [4.78, 5) is 0. The number of rotatable bonds is 5. The van der Waals surface area contributed by atoms with Crippen LogP contribution in [-0.2, 0) is 0 Å². The highest BCUT2D eigenvalue weighted by molar-refractivity contribution is 9.10. The minimum absolute atomic E-state index is 0.468. The quantitative estimate of drug-likeness (QED) is 0.885. The number of halogens is 1. The van der Waals surface area contributed by atoms with Crippen LogP contribution in [0, 0.1) is 6.92 Å². The van der Waals surface area contributed by atoms with Gasteiger partial charge in [0, 0.05) is 10.5 Å². The number of benzene rings is 1. The Labute approximate surface area is 105 Å². The minimum atomic E-state index is 0.468. The molecule has 15 heavy (non-hydrogen) atoms. The van der Waals surface area contributed by atoms with E-state index < -0.39 is 0 Å². The Hall–Kier alpha value is 0.01000. The Kier molecular flexibility index (Phi) is 5.72. The Morgan fingerprint density at radius 3 is 2.80 bits per heavy atom. The van der Waals surface area contributed by atoms with Crippen LogP contribution in [0.2, 0.25) is 0 Å². The number of nitrogens with one attached hydrogen (secondary N) is 1. The van der Waals surface area contributed by atoms with Crippen LogP contribution in [0.5, 0.6) is 0 Å². The van der Waals surface area contributed by atoms with E-state index in [2.05, 4.69) is 52.6 Å². The van der Waals surface area contributed by atoms with Gasteiger partial charge in [0.2, 0.25) is 0 Å². The fourth-order valence-corrected chi connectivity index (χ4v) is 2.53. The zero-order valence-electron chi connectivity index (χ0n) is 9.51. The van der Waals surface area contributed by atoms with Gasteiger partial charge in [-0.1, -0.05) is 22.0 Å². The van der Waals surface area contributed by atoms with Crippen molar-refractivity contribution in [3.8, 4) is 0 Å². The van der Waals surface area contributed by atoms with E-state index in [0.717, 1.165) is 4.47 Å². The highest BCUT2D eigenvalue weighted by Gasteiger charge is 2.11. The van der Waals surface area contributed by atoms with Crippen LogP contribution in [0.15, 0.2) is 22.7 Å². The van der Waals surface area contributed by atoms with Gasteiger partial charge in [0.15, 0.2) is 0 Å². The predicted molar refractivity (Wildman–Crippen MR) is 73.7 cm³/mol. The number of aryl methyl sites for hydroxylation is 1. The Bertz CT molecular complexity index is 314. The van der Waals surface area contributed by atoms with Gasteiger partial charge in [-0.05, 0) is 55.7 Å². The zero-order chi connectivity index (χ0) is 11.3. The first-order chi connectivity index (χ1) is 7.19. The van der Waals surface area contributed by atoms with E-state index in [0.29, 0.717) is 6.04 Å². The van der Waals surface area contributed by atoms with Gasteiger partial charge in [0.05, 0.1) is 0 Å². The van der Waals surface area contributed by atoms with Crippen LogP contribution in [0.1, 0.15) is 23.6 Å². The van der Waals surface area contributed by atoms with Gasteiger partial charge in [-0.3, -0.25) is 0 Å². The van der Waals surface area contributed by atoms with Crippen LogP contribution < -0.4 is 5.32 Å². The van der Waals surface area contributed by atoms with Gasteiger partial charge < -0.3 is 5.32 Å². The second-order valence-electron chi connectivity index (χ2n) is 3.62. The molecule has 1 rings (SSSR count). The normalized spacial score (nSPS) is 12.8. The van der Waals surface area contributed by atoms with E-state index in [1.807, 2.05) is 18.8 Å². The monoisotopic (exact) mass is 287 g/mol.